The van der Waals surface area contributed by atoms with Gasteiger partial charge >= 0.3 is 5.97 Å². The van der Waals surface area contributed by atoms with E-state index in [0.29, 0.717) is 0 Å². The summed E-state index contributed by atoms with van der Waals surface area (Å²) in [5, 5.41) is 12.8. The van der Waals surface area contributed by atoms with Crippen molar-refractivity contribution in [2.24, 2.45) is 0 Å². The van der Waals surface area contributed by atoms with Crippen molar-refractivity contribution in [2.45, 2.75) is 25.9 Å². The van der Waals surface area contributed by atoms with Gasteiger partial charge in [-0.15, -0.1) is 0 Å². The Balaban J connectivity index is 2.19. The van der Waals surface area contributed by atoms with E-state index in [1.807, 2.05) is 37.3 Å². The number of carbonyl (C=O) groups is 1. The van der Waals surface area contributed by atoms with E-state index in [1.54, 1.807) is 6.92 Å². The lowest BCUT2D eigenvalue weighted by molar-refractivity contribution is -0.139. The van der Waals surface area contributed by atoms with Crippen molar-refractivity contribution >= 4 is 16.9 Å². The standard InChI is InChI=1S/C13H15NO3/c1-8(14-9(2)13(15)16)12-7-10-5-3-4-6-11(10)17-12/h3-9,14H,1-2H3,(H,15,16). The molecule has 4 heteroatoms. The topological polar surface area (TPSA) is 62.5 Å². The molecule has 0 fully saturated rings. The van der Waals surface area contributed by atoms with Crippen molar-refractivity contribution in [3.63, 3.8) is 0 Å². The van der Waals surface area contributed by atoms with Crippen molar-refractivity contribution in [3.05, 3.63) is 36.1 Å². The van der Waals surface area contributed by atoms with Gasteiger partial charge in [0.25, 0.3) is 0 Å². The minimum absolute atomic E-state index is 0.131. The summed E-state index contributed by atoms with van der Waals surface area (Å²) in [5.41, 5.74) is 0.819. The molecule has 4 nitrogen and oxygen atoms in total. The molecule has 2 N–H and O–H groups in total. The van der Waals surface area contributed by atoms with Crippen LogP contribution in [0.2, 0.25) is 0 Å². The molecule has 2 unspecified atom stereocenters. The van der Waals surface area contributed by atoms with Crippen molar-refractivity contribution in [3.8, 4) is 0 Å². The Morgan fingerprint density at radius 2 is 2.06 bits per heavy atom. The fourth-order valence-corrected chi connectivity index (χ4v) is 1.74. The van der Waals surface area contributed by atoms with Crippen molar-refractivity contribution < 1.29 is 14.3 Å². The zero-order valence-electron chi connectivity index (χ0n) is 9.81. The molecule has 0 aliphatic heterocycles. The first-order valence-corrected chi connectivity index (χ1v) is 5.55. The Bertz CT molecular complexity index is 499. The average molecular weight is 233 g/mol. The van der Waals surface area contributed by atoms with Gasteiger partial charge in [-0.25, -0.2) is 0 Å². The number of nitrogens with one attached hydrogen (secondary N) is 1. The summed E-state index contributed by atoms with van der Waals surface area (Å²) >= 11 is 0. The van der Waals surface area contributed by atoms with Gasteiger partial charge in [0.1, 0.15) is 17.4 Å². The Hall–Kier alpha value is -1.81. The number of furan rings is 1. The monoisotopic (exact) mass is 233 g/mol. The first-order chi connectivity index (χ1) is 8.08. The molecule has 0 bridgehead atoms. The molecule has 0 radical (unpaired) electrons. The van der Waals surface area contributed by atoms with E-state index < -0.39 is 12.0 Å². The van der Waals surface area contributed by atoms with Crippen molar-refractivity contribution in [1.29, 1.82) is 0 Å². The molecule has 2 rings (SSSR count). The number of para-hydroxylation sites is 1. The van der Waals surface area contributed by atoms with Gasteiger partial charge in [0.2, 0.25) is 0 Å². The van der Waals surface area contributed by atoms with Gasteiger partial charge in [-0.1, -0.05) is 18.2 Å². The first-order valence-electron chi connectivity index (χ1n) is 5.55. The molecule has 0 spiro atoms. The van der Waals surface area contributed by atoms with Crippen LogP contribution in [0.4, 0.5) is 0 Å². The molecule has 1 aromatic heterocycles. The first kappa shape index (κ1) is 11.7. The van der Waals surface area contributed by atoms with E-state index in [2.05, 4.69) is 5.32 Å². The summed E-state index contributed by atoms with van der Waals surface area (Å²) in [5.74, 6) is -0.118. The van der Waals surface area contributed by atoms with E-state index in [1.165, 1.54) is 0 Å². The summed E-state index contributed by atoms with van der Waals surface area (Å²) in [6.07, 6.45) is 0. The number of carboxylic acids is 1. The molecule has 0 aliphatic carbocycles. The van der Waals surface area contributed by atoms with E-state index >= 15 is 0 Å². The van der Waals surface area contributed by atoms with Crippen molar-refractivity contribution in [1.82, 2.24) is 5.32 Å². The number of carboxylic acid groups (broad SMARTS) is 1. The van der Waals surface area contributed by atoms with Crippen LogP contribution in [0, 0.1) is 0 Å². The lowest BCUT2D eigenvalue weighted by atomic mass is 10.2. The minimum Gasteiger partial charge on any atom is -0.480 e. The Labute approximate surface area is 99.2 Å². The van der Waals surface area contributed by atoms with Crippen LogP contribution in [0.3, 0.4) is 0 Å². The molecule has 0 aliphatic rings. The molecule has 0 saturated heterocycles. The van der Waals surface area contributed by atoms with E-state index in [4.69, 9.17) is 9.52 Å². The zero-order chi connectivity index (χ0) is 12.4. The molecule has 90 valence electrons. The Morgan fingerprint density at radius 3 is 2.71 bits per heavy atom. The molecular formula is C13H15NO3. The number of hydrogen-bond acceptors (Lipinski definition) is 3. The van der Waals surface area contributed by atoms with Gasteiger partial charge in [0.05, 0.1) is 6.04 Å². The van der Waals surface area contributed by atoms with E-state index in [0.717, 1.165) is 16.7 Å². The summed E-state index contributed by atoms with van der Waals surface area (Å²) < 4.78 is 5.66. The fourth-order valence-electron chi connectivity index (χ4n) is 1.74. The SMILES string of the molecule is CC(NC(C)c1cc2ccccc2o1)C(=O)O. The summed E-state index contributed by atoms with van der Waals surface area (Å²) in [4.78, 5) is 10.7. The predicted octanol–water partition coefficient (Wildman–Crippen LogP) is 2.56. The quantitative estimate of drug-likeness (QED) is 0.851. The highest BCUT2D eigenvalue weighted by Gasteiger charge is 2.17. The van der Waals surface area contributed by atoms with Crippen LogP contribution in [0.5, 0.6) is 0 Å². The molecule has 2 aromatic rings. The van der Waals surface area contributed by atoms with Crippen molar-refractivity contribution in [2.75, 3.05) is 0 Å². The molecule has 0 amide bonds. The maximum Gasteiger partial charge on any atom is 0.320 e. The predicted molar refractivity (Wildman–Crippen MR) is 64.9 cm³/mol. The third-order valence-electron chi connectivity index (χ3n) is 2.74. The smallest absolute Gasteiger partial charge is 0.320 e. The number of aliphatic carboxylic acids is 1. The van der Waals surface area contributed by atoms with Gasteiger partial charge in [-0.2, -0.15) is 0 Å². The second-order valence-corrected chi connectivity index (χ2v) is 4.13. The minimum atomic E-state index is -0.868. The Kier molecular flexibility index (Phi) is 3.15. The van der Waals surface area contributed by atoms with Gasteiger partial charge in [-0.3, -0.25) is 10.1 Å². The normalized spacial score (nSPS) is 14.7. The number of benzene rings is 1. The molecule has 0 saturated carbocycles. The van der Waals surface area contributed by atoms with Crippen LogP contribution in [0.25, 0.3) is 11.0 Å². The summed E-state index contributed by atoms with van der Waals surface area (Å²) in [6, 6.07) is 8.92. The van der Waals surface area contributed by atoms with Crippen LogP contribution in [-0.4, -0.2) is 17.1 Å². The van der Waals surface area contributed by atoms with Crippen LogP contribution >= 0.6 is 0 Å². The molecule has 1 aromatic carbocycles. The van der Waals surface area contributed by atoms with E-state index in [9.17, 15) is 4.79 Å². The maximum atomic E-state index is 10.7. The van der Waals surface area contributed by atoms with Crippen LogP contribution in [0.1, 0.15) is 25.6 Å². The third kappa shape index (κ3) is 2.47. The van der Waals surface area contributed by atoms with Crippen LogP contribution < -0.4 is 5.32 Å². The highest BCUT2D eigenvalue weighted by molar-refractivity contribution is 5.78. The largest absolute Gasteiger partial charge is 0.480 e. The molecule has 17 heavy (non-hydrogen) atoms. The highest BCUT2D eigenvalue weighted by Crippen LogP contribution is 2.23. The second kappa shape index (κ2) is 4.59. The van der Waals surface area contributed by atoms with Crippen LogP contribution in [0.15, 0.2) is 34.7 Å². The molecule has 2 atom stereocenters. The average Bonchev–Trinajstić information content (AvgIpc) is 2.72. The zero-order valence-corrected chi connectivity index (χ0v) is 9.81. The highest BCUT2D eigenvalue weighted by atomic mass is 16.4. The number of hydrogen-bond donors (Lipinski definition) is 2. The number of rotatable bonds is 4. The summed E-state index contributed by atoms with van der Waals surface area (Å²) in [6.45, 7) is 3.50. The molecular weight excluding hydrogens is 218 g/mol. The van der Waals surface area contributed by atoms with Crippen LogP contribution in [-0.2, 0) is 4.79 Å². The molecule has 1 heterocycles. The van der Waals surface area contributed by atoms with Gasteiger partial charge in [0, 0.05) is 5.39 Å². The second-order valence-electron chi connectivity index (χ2n) is 4.13. The van der Waals surface area contributed by atoms with E-state index in [-0.39, 0.29) is 6.04 Å². The third-order valence-corrected chi connectivity index (χ3v) is 2.74. The Morgan fingerprint density at radius 1 is 1.35 bits per heavy atom. The number of fused-ring (bicyclic) bond motifs is 1. The fraction of sp³-hybridized carbons (Fsp3) is 0.308. The van der Waals surface area contributed by atoms with Gasteiger partial charge in [-0.05, 0) is 26.0 Å². The lowest BCUT2D eigenvalue weighted by Crippen LogP contribution is -2.35. The van der Waals surface area contributed by atoms with Gasteiger partial charge < -0.3 is 9.52 Å². The summed E-state index contributed by atoms with van der Waals surface area (Å²) in [7, 11) is 0. The van der Waals surface area contributed by atoms with Gasteiger partial charge in [0.15, 0.2) is 0 Å². The maximum absolute atomic E-state index is 10.7. The lowest BCUT2D eigenvalue weighted by Gasteiger charge is -2.14.